The van der Waals surface area contributed by atoms with Gasteiger partial charge in [0.1, 0.15) is 46.3 Å². The zero-order chi connectivity index (χ0) is 23.5. The molecule has 5 rings (SSSR count). The van der Waals surface area contributed by atoms with Crippen LogP contribution >= 0.6 is 15.9 Å². The van der Waals surface area contributed by atoms with E-state index in [0.717, 1.165) is 49.7 Å². The number of ether oxygens (including phenoxy) is 3. The van der Waals surface area contributed by atoms with Crippen molar-refractivity contribution >= 4 is 44.0 Å². The normalized spacial score (nSPS) is 11.1. The number of hydrogen-bond donors (Lipinski definition) is 1. The van der Waals surface area contributed by atoms with Gasteiger partial charge in [-0.1, -0.05) is 0 Å². The molecule has 172 valence electrons. The number of benzene rings is 2. The lowest BCUT2D eigenvalue weighted by molar-refractivity contribution is 0.146. The fraction of sp³-hybridized carbons (Fsp3) is 0.160. The number of imidazole rings is 1. The Bertz CT molecular complexity index is 1470. The molecule has 0 atom stereocenters. The molecule has 1 N–H and O–H groups in total. The van der Waals surface area contributed by atoms with Crippen molar-refractivity contribution < 1.29 is 14.2 Å². The highest BCUT2D eigenvalue weighted by atomic mass is 79.9. The van der Waals surface area contributed by atoms with Crippen molar-refractivity contribution in [2.45, 2.75) is 6.92 Å². The van der Waals surface area contributed by atoms with Crippen LogP contribution in [0.4, 0.5) is 11.5 Å². The molecule has 0 saturated carbocycles. The first kappa shape index (κ1) is 22.1. The summed E-state index contributed by atoms with van der Waals surface area (Å²) in [5, 5.41) is 4.26. The van der Waals surface area contributed by atoms with Gasteiger partial charge in [0.15, 0.2) is 0 Å². The number of nitrogens with one attached hydrogen (secondary N) is 1. The third kappa shape index (κ3) is 4.66. The number of pyridine rings is 1. The fourth-order valence-corrected chi connectivity index (χ4v) is 3.97. The molecule has 3 heterocycles. The predicted octanol–water partition coefficient (Wildman–Crippen LogP) is 5.91. The smallest absolute Gasteiger partial charge is 0.141 e. The number of aryl methyl sites for hydroxylation is 1. The average molecular weight is 520 g/mol. The van der Waals surface area contributed by atoms with Gasteiger partial charge in [-0.25, -0.2) is 15.0 Å². The number of hydrogen-bond acceptors (Lipinski definition) is 7. The number of nitrogens with zero attached hydrogens (tertiary/aromatic N) is 4. The summed E-state index contributed by atoms with van der Waals surface area (Å²) in [6, 6.07) is 15.5. The Balaban J connectivity index is 1.36. The average Bonchev–Trinajstić information content (AvgIpc) is 3.21. The van der Waals surface area contributed by atoms with E-state index < -0.39 is 0 Å². The third-order valence-electron chi connectivity index (χ3n) is 5.27. The molecule has 0 bridgehead atoms. The molecule has 0 amide bonds. The molecule has 0 aliphatic rings. The highest BCUT2D eigenvalue weighted by Crippen LogP contribution is 2.31. The van der Waals surface area contributed by atoms with Gasteiger partial charge in [0, 0.05) is 30.4 Å². The number of aromatic nitrogens is 4. The van der Waals surface area contributed by atoms with Gasteiger partial charge >= 0.3 is 0 Å². The number of anilines is 2. The van der Waals surface area contributed by atoms with Crippen molar-refractivity contribution in [2.75, 3.05) is 25.6 Å². The van der Waals surface area contributed by atoms with Crippen LogP contribution in [-0.2, 0) is 4.74 Å². The Labute approximate surface area is 204 Å². The van der Waals surface area contributed by atoms with Gasteiger partial charge in [-0.3, -0.25) is 4.40 Å². The topological polar surface area (TPSA) is 82.8 Å². The lowest BCUT2D eigenvalue weighted by atomic mass is 10.2. The van der Waals surface area contributed by atoms with Gasteiger partial charge in [0.2, 0.25) is 0 Å². The first-order chi connectivity index (χ1) is 16.6. The third-order valence-corrected chi connectivity index (χ3v) is 5.85. The minimum absolute atomic E-state index is 0.476. The quantitative estimate of drug-likeness (QED) is 0.255. The van der Waals surface area contributed by atoms with Crippen molar-refractivity contribution in [3.63, 3.8) is 0 Å². The molecule has 0 aliphatic heterocycles. The second-order valence-electron chi connectivity index (χ2n) is 7.62. The van der Waals surface area contributed by atoms with E-state index in [1.165, 1.54) is 0 Å². The molecular formula is C25H22BrN5O3. The molecule has 34 heavy (non-hydrogen) atoms. The summed E-state index contributed by atoms with van der Waals surface area (Å²) >= 11 is 3.47. The maximum absolute atomic E-state index is 6.12. The van der Waals surface area contributed by atoms with E-state index in [-0.39, 0.29) is 0 Å². The van der Waals surface area contributed by atoms with E-state index in [2.05, 4.69) is 36.2 Å². The largest absolute Gasteiger partial charge is 0.491 e. The Morgan fingerprint density at radius 3 is 2.74 bits per heavy atom. The summed E-state index contributed by atoms with van der Waals surface area (Å²) in [5.74, 6) is 2.92. The number of rotatable bonds is 8. The van der Waals surface area contributed by atoms with Gasteiger partial charge in [-0.05, 0) is 70.9 Å². The van der Waals surface area contributed by atoms with E-state index in [0.29, 0.717) is 19.0 Å². The fourth-order valence-electron chi connectivity index (χ4n) is 3.57. The SMILES string of the molecule is COCCOc1ccc2ncnc(Nc3ccc(Oc4ccn5c(Br)cnc5c4)c(C)c3)c2c1. The van der Waals surface area contributed by atoms with Crippen molar-refractivity contribution in [2.24, 2.45) is 0 Å². The molecule has 0 saturated heterocycles. The molecule has 0 aliphatic carbocycles. The van der Waals surface area contributed by atoms with Crippen molar-refractivity contribution in [1.82, 2.24) is 19.4 Å². The van der Waals surface area contributed by atoms with Crippen LogP contribution < -0.4 is 14.8 Å². The van der Waals surface area contributed by atoms with Crippen LogP contribution in [0.2, 0.25) is 0 Å². The summed E-state index contributed by atoms with van der Waals surface area (Å²) in [7, 11) is 1.65. The van der Waals surface area contributed by atoms with Crippen molar-refractivity contribution in [3.8, 4) is 17.2 Å². The van der Waals surface area contributed by atoms with E-state index in [1.54, 1.807) is 19.6 Å². The molecule has 2 aromatic carbocycles. The van der Waals surface area contributed by atoms with Gasteiger partial charge in [0.25, 0.3) is 0 Å². The standard InChI is InChI=1S/C25H22BrN5O3/c1-16-11-17(3-6-22(16)34-19-7-8-31-23(26)14-27-24(31)13-19)30-25-20-12-18(33-10-9-32-2)4-5-21(20)28-15-29-25/h3-8,11-15H,9-10H2,1-2H3,(H,28,29,30). The minimum Gasteiger partial charge on any atom is -0.491 e. The summed E-state index contributed by atoms with van der Waals surface area (Å²) in [6.07, 6.45) is 5.22. The monoisotopic (exact) mass is 519 g/mol. The van der Waals surface area contributed by atoms with E-state index in [4.69, 9.17) is 14.2 Å². The molecular weight excluding hydrogens is 498 g/mol. The van der Waals surface area contributed by atoms with Crippen LogP contribution in [0.1, 0.15) is 5.56 Å². The lowest BCUT2D eigenvalue weighted by Gasteiger charge is -2.13. The summed E-state index contributed by atoms with van der Waals surface area (Å²) in [4.78, 5) is 13.2. The van der Waals surface area contributed by atoms with Crippen LogP contribution in [0.3, 0.4) is 0 Å². The van der Waals surface area contributed by atoms with Crippen LogP contribution in [-0.4, -0.2) is 39.7 Å². The van der Waals surface area contributed by atoms with Crippen molar-refractivity contribution in [3.05, 3.63) is 77.4 Å². The molecule has 5 aromatic rings. The van der Waals surface area contributed by atoms with Crippen LogP contribution in [0, 0.1) is 6.92 Å². The molecule has 0 spiro atoms. The zero-order valence-electron chi connectivity index (χ0n) is 18.7. The van der Waals surface area contributed by atoms with E-state index >= 15 is 0 Å². The summed E-state index contributed by atoms with van der Waals surface area (Å²) in [5.41, 5.74) is 3.51. The van der Waals surface area contributed by atoms with Crippen LogP contribution in [0.25, 0.3) is 16.6 Å². The molecule has 0 fully saturated rings. The Kier molecular flexibility index (Phi) is 6.29. The molecule has 9 heteroatoms. The first-order valence-electron chi connectivity index (χ1n) is 10.7. The Hall–Kier alpha value is -3.69. The van der Waals surface area contributed by atoms with E-state index in [9.17, 15) is 0 Å². The molecule has 0 unspecified atom stereocenters. The summed E-state index contributed by atoms with van der Waals surface area (Å²) in [6.45, 7) is 3.00. The predicted molar refractivity (Wildman–Crippen MR) is 134 cm³/mol. The number of methoxy groups -OCH3 is 1. The highest BCUT2D eigenvalue weighted by molar-refractivity contribution is 9.10. The first-order valence-corrected chi connectivity index (χ1v) is 11.4. The van der Waals surface area contributed by atoms with Crippen molar-refractivity contribution in [1.29, 1.82) is 0 Å². The van der Waals surface area contributed by atoms with Gasteiger partial charge in [-0.2, -0.15) is 0 Å². The Morgan fingerprint density at radius 2 is 1.88 bits per heavy atom. The lowest BCUT2D eigenvalue weighted by Crippen LogP contribution is -2.04. The highest BCUT2D eigenvalue weighted by Gasteiger charge is 2.09. The second-order valence-corrected chi connectivity index (χ2v) is 8.43. The Morgan fingerprint density at radius 1 is 0.971 bits per heavy atom. The number of halogens is 1. The zero-order valence-corrected chi connectivity index (χ0v) is 20.2. The molecule has 0 radical (unpaired) electrons. The van der Waals surface area contributed by atoms with Crippen LogP contribution in [0.15, 0.2) is 71.9 Å². The molecule has 8 nitrogen and oxygen atoms in total. The van der Waals surface area contributed by atoms with Gasteiger partial charge in [0.05, 0.1) is 18.3 Å². The number of fused-ring (bicyclic) bond motifs is 2. The maximum atomic E-state index is 6.12. The summed E-state index contributed by atoms with van der Waals surface area (Å²) < 4.78 is 19.7. The van der Waals surface area contributed by atoms with Gasteiger partial charge in [-0.15, -0.1) is 0 Å². The van der Waals surface area contributed by atoms with E-state index in [1.807, 2.05) is 66.1 Å². The minimum atomic E-state index is 0.476. The van der Waals surface area contributed by atoms with Crippen LogP contribution in [0.5, 0.6) is 17.2 Å². The second kappa shape index (κ2) is 9.66. The van der Waals surface area contributed by atoms with Gasteiger partial charge < -0.3 is 19.5 Å². The maximum Gasteiger partial charge on any atom is 0.141 e. The molecule has 3 aromatic heterocycles.